The first-order chi connectivity index (χ1) is 14.2. The monoisotopic (exact) mass is 390 g/mol. The van der Waals surface area contributed by atoms with Crippen LogP contribution in [0.5, 0.6) is 11.5 Å². The summed E-state index contributed by atoms with van der Waals surface area (Å²) in [6.45, 7) is 0.708. The number of methoxy groups -OCH3 is 2. The van der Waals surface area contributed by atoms with Crippen molar-refractivity contribution in [2.75, 3.05) is 31.5 Å². The van der Waals surface area contributed by atoms with Gasteiger partial charge in [0.1, 0.15) is 5.82 Å². The van der Waals surface area contributed by atoms with Crippen molar-refractivity contribution in [3.05, 3.63) is 66.6 Å². The van der Waals surface area contributed by atoms with E-state index in [-0.39, 0.29) is 0 Å². The molecule has 0 unspecified atom stereocenters. The number of hydrogen-bond donors (Lipinski definition) is 1. The molecule has 8 heteroatoms. The molecule has 0 aliphatic rings. The van der Waals surface area contributed by atoms with Crippen LogP contribution in [0.15, 0.2) is 61.1 Å². The summed E-state index contributed by atoms with van der Waals surface area (Å²) in [6, 6.07) is 13.5. The zero-order valence-electron chi connectivity index (χ0n) is 16.5. The van der Waals surface area contributed by atoms with Crippen molar-refractivity contribution in [1.82, 2.24) is 19.6 Å². The van der Waals surface area contributed by atoms with Gasteiger partial charge in [0.25, 0.3) is 0 Å². The minimum Gasteiger partial charge on any atom is -0.493 e. The van der Waals surface area contributed by atoms with Gasteiger partial charge in [-0.15, -0.1) is 5.10 Å². The average Bonchev–Trinajstić information content (AvgIpc) is 3.16. The quantitative estimate of drug-likeness (QED) is 0.517. The molecule has 1 aromatic carbocycles. The maximum Gasteiger partial charge on any atom is 0.162 e. The molecule has 29 heavy (non-hydrogen) atoms. The average molecular weight is 390 g/mol. The Morgan fingerprint density at radius 3 is 2.66 bits per heavy atom. The van der Waals surface area contributed by atoms with Gasteiger partial charge < -0.3 is 19.7 Å². The van der Waals surface area contributed by atoms with E-state index in [2.05, 4.69) is 20.2 Å². The lowest BCUT2D eigenvalue weighted by Gasteiger charge is -2.18. The summed E-state index contributed by atoms with van der Waals surface area (Å²) >= 11 is 0. The minimum atomic E-state index is 0.649. The molecule has 0 fully saturated rings. The van der Waals surface area contributed by atoms with E-state index in [0.717, 1.165) is 28.5 Å². The normalized spacial score (nSPS) is 10.7. The van der Waals surface area contributed by atoms with Crippen LogP contribution in [0.1, 0.15) is 5.56 Å². The van der Waals surface area contributed by atoms with Gasteiger partial charge >= 0.3 is 0 Å². The zero-order chi connectivity index (χ0) is 20.2. The van der Waals surface area contributed by atoms with Gasteiger partial charge in [-0.1, -0.05) is 6.07 Å². The predicted molar refractivity (Wildman–Crippen MR) is 112 cm³/mol. The molecule has 0 saturated heterocycles. The largest absolute Gasteiger partial charge is 0.493 e. The van der Waals surface area contributed by atoms with E-state index in [4.69, 9.17) is 14.6 Å². The zero-order valence-corrected chi connectivity index (χ0v) is 16.5. The smallest absolute Gasteiger partial charge is 0.162 e. The predicted octanol–water partition coefficient (Wildman–Crippen LogP) is 3.52. The van der Waals surface area contributed by atoms with Crippen LogP contribution in [0.3, 0.4) is 0 Å². The topological polar surface area (TPSA) is 76.8 Å². The fraction of sp³-hybridized carbons (Fsp3) is 0.190. The Hall–Kier alpha value is -3.81. The van der Waals surface area contributed by atoms with Gasteiger partial charge in [0, 0.05) is 37.7 Å². The second kappa shape index (κ2) is 8.05. The van der Waals surface area contributed by atoms with E-state index in [1.807, 2.05) is 55.7 Å². The van der Waals surface area contributed by atoms with Crippen molar-refractivity contribution in [2.24, 2.45) is 0 Å². The molecule has 0 aliphatic heterocycles. The molecular weight excluding hydrogens is 368 g/mol. The highest BCUT2D eigenvalue weighted by atomic mass is 16.5. The maximum atomic E-state index is 5.38. The van der Waals surface area contributed by atoms with Crippen molar-refractivity contribution >= 4 is 23.0 Å². The molecule has 0 radical (unpaired) electrons. The van der Waals surface area contributed by atoms with Crippen LogP contribution in [0.2, 0.25) is 0 Å². The van der Waals surface area contributed by atoms with E-state index in [1.165, 1.54) is 0 Å². The van der Waals surface area contributed by atoms with Crippen LogP contribution >= 0.6 is 0 Å². The maximum absolute atomic E-state index is 5.38. The lowest BCUT2D eigenvalue weighted by Crippen LogP contribution is -2.18. The first-order valence-electron chi connectivity index (χ1n) is 9.12. The molecular formula is C21H22N6O2. The van der Waals surface area contributed by atoms with E-state index < -0.39 is 0 Å². The first-order valence-corrected chi connectivity index (χ1v) is 9.12. The van der Waals surface area contributed by atoms with E-state index >= 15 is 0 Å². The summed E-state index contributed by atoms with van der Waals surface area (Å²) in [5.74, 6) is 2.91. The minimum absolute atomic E-state index is 0.649. The molecule has 0 atom stereocenters. The highest BCUT2D eigenvalue weighted by molar-refractivity contribution is 5.64. The number of ether oxygens (including phenoxy) is 2. The number of nitrogens with zero attached hydrogens (tertiary/aromatic N) is 5. The van der Waals surface area contributed by atoms with Gasteiger partial charge in [0.15, 0.2) is 23.0 Å². The molecule has 3 heterocycles. The summed E-state index contributed by atoms with van der Waals surface area (Å²) in [6.07, 6.45) is 5.38. The van der Waals surface area contributed by atoms with E-state index in [1.54, 1.807) is 31.1 Å². The van der Waals surface area contributed by atoms with Gasteiger partial charge in [-0.3, -0.25) is 4.98 Å². The SMILES string of the molecule is COc1ccc(Nc2cnc3ccc(N(C)Cc4cccnc4)nn23)cc1OC. The van der Waals surface area contributed by atoms with Crippen LogP contribution in [0.4, 0.5) is 17.3 Å². The number of fused-ring (bicyclic) bond motifs is 1. The molecule has 8 nitrogen and oxygen atoms in total. The summed E-state index contributed by atoms with van der Waals surface area (Å²) < 4.78 is 12.5. The Morgan fingerprint density at radius 2 is 1.90 bits per heavy atom. The highest BCUT2D eigenvalue weighted by Gasteiger charge is 2.11. The molecule has 0 aliphatic carbocycles. The van der Waals surface area contributed by atoms with Crippen LogP contribution in [0.25, 0.3) is 5.65 Å². The Labute approximate surface area is 168 Å². The Balaban J connectivity index is 1.60. The number of rotatable bonds is 7. The molecule has 0 spiro atoms. The van der Waals surface area contributed by atoms with Gasteiger partial charge in [-0.05, 0) is 35.9 Å². The van der Waals surface area contributed by atoms with Gasteiger partial charge in [-0.2, -0.15) is 4.52 Å². The van der Waals surface area contributed by atoms with Crippen LogP contribution in [0, 0.1) is 0 Å². The van der Waals surface area contributed by atoms with Crippen molar-refractivity contribution in [1.29, 1.82) is 0 Å². The standard InChI is InChI=1S/C21H22N6O2/c1-26(14-15-5-4-10-22-12-15)20-9-8-19-23-13-21(27(19)25-20)24-16-6-7-17(28-2)18(11-16)29-3/h4-13,24H,14H2,1-3H3. The summed E-state index contributed by atoms with van der Waals surface area (Å²) in [4.78, 5) is 10.7. The molecule has 0 saturated carbocycles. The number of imidazole rings is 1. The fourth-order valence-electron chi connectivity index (χ4n) is 3.06. The summed E-state index contributed by atoms with van der Waals surface area (Å²) in [5.41, 5.74) is 2.72. The van der Waals surface area contributed by atoms with Crippen LogP contribution in [-0.2, 0) is 6.54 Å². The van der Waals surface area contributed by atoms with Gasteiger partial charge in [0.05, 0.1) is 20.4 Å². The van der Waals surface area contributed by atoms with Crippen molar-refractivity contribution in [3.63, 3.8) is 0 Å². The Kier molecular flexibility index (Phi) is 5.15. The number of nitrogens with one attached hydrogen (secondary N) is 1. The molecule has 4 aromatic rings. The molecule has 148 valence electrons. The third-order valence-corrected chi connectivity index (χ3v) is 4.54. The number of pyridine rings is 1. The third kappa shape index (κ3) is 3.91. The molecule has 3 aromatic heterocycles. The summed E-state index contributed by atoms with van der Waals surface area (Å²) in [7, 11) is 5.23. The highest BCUT2D eigenvalue weighted by Crippen LogP contribution is 2.31. The second-order valence-electron chi connectivity index (χ2n) is 6.52. The second-order valence-corrected chi connectivity index (χ2v) is 6.52. The van der Waals surface area contributed by atoms with Crippen molar-refractivity contribution < 1.29 is 9.47 Å². The van der Waals surface area contributed by atoms with Crippen molar-refractivity contribution in [2.45, 2.75) is 6.54 Å². The van der Waals surface area contributed by atoms with Crippen LogP contribution in [-0.4, -0.2) is 40.8 Å². The van der Waals surface area contributed by atoms with Gasteiger partial charge in [-0.25, -0.2) is 4.98 Å². The molecule has 4 rings (SSSR count). The Bertz CT molecular complexity index is 1110. The number of aromatic nitrogens is 4. The lowest BCUT2D eigenvalue weighted by molar-refractivity contribution is 0.355. The number of anilines is 3. The van der Waals surface area contributed by atoms with Gasteiger partial charge in [0.2, 0.25) is 0 Å². The molecule has 0 bridgehead atoms. The first kappa shape index (κ1) is 18.5. The van der Waals surface area contributed by atoms with Crippen LogP contribution < -0.4 is 19.7 Å². The molecule has 0 amide bonds. The van der Waals surface area contributed by atoms with E-state index in [9.17, 15) is 0 Å². The Morgan fingerprint density at radius 1 is 1.03 bits per heavy atom. The third-order valence-electron chi connectivity index (χ3n) is 4.54. The number of hydrogen-bond acceptors (Lipinski definition) is 7. The summed E-state index contributed by atoms with van der Waals surface area (Å²) in [5, 5.41) is 8.09. The lowest BCUT2D eigenvalue weighted by atomic mass is 10.2. The number of benzene rings is 1. The van der Waals surface area contributed by atoms with Crippen molar-refractivity contribution in [3.8, 4) is 11.5 Å². The molecule has 1 N–H and O–H groups in total. The van der Waals surface area contributed by atoms with E-state index in [0.29, 0.717) is 18.0 Å². The fourth-order valence-corrected chi connectivity index (χ4v) is 3.06.